The second-order valence-corrected chi connectivity index (χ2v) is 7.81. The van der Waals surface area contributed by atoms with Gasteiger partial charge >= 0.3 is 5.97 Å². The van der Waals surface area contributed by atoms with Gasteiger partial charge in [0.15, 0.2) is 11.5 Å². The van der Waals surface area contributed by atoms with Crippen molar-refractivity contribution < 1.29 is 23.5 Å². The van der Waals surface area contributed by atoms with Gasteiger partial charge in [-0.3, -0.25) is 4.79 Å². The lowest BCUT2D eigenvalue weighted by molar-refractivity contribution is -0.129. The van der Waals surface area contributed by atoms with E-state index in [9.17, 15) is 14.9 Å². The van der Waals surface area contributed by atoms with Gasteiger partial charge in [-0.1, -0.05) is 35.3 Å². The first-order valence-corrected chi connectivity index (χ1v) is 11.2. The number of amides is 1. The van der Waals surface area contributed by atoms with E-state index in [0.717, 1.165) is 0 Å². The van der Waals surface area contributed by atoms with Gasteiger partial charge < -0.3 is 19.2 Å². The molecular formula is C26H20Cl2N2O5. The summed E-state index contributed by atoms with van der Waals surface area (Å²) in [6.45, 7) is 2.24. The molecule has 0 saturated heterocycles. The molecule has 0 bridgehead atoms. The number of halogens is 2. The van der Waals surface area contributed by atoms with E-state index in [0.29, 0.717) is 33.5 Å². The fourth-order valence-corrected chi connectivity index (χ4v) is 3.19. The lowest BCUT2D eigenvalue weighted by Gasteiger charge is -2.11. The molecule has 0 fully saturated rings. The Morgan fingerprint density at radius 1 is 1.09 bits per heavy atom. The molecule has 0 saturated carbocycles. The van der Waals surface area contributed by atoms with Gasteiger partial charge in [-0.05, 0) is 66.6 Å². The third-order valence-corrected chi connectivity index (χ3v) is 5.25. The van der Waals surface area contributed by atoms with E-state index >= 15 is 0 Å². The molecule has 1 aromatic heterocycles. The number of carbonyl (C=O) groups excluding carboxylic acids is 2. The van der Waals surface area contributed by atoms with E-state index in [-0.39, 0.29) is 23.6 Å². The van der Waals surface area contributed by atoms with Gasteiger partial charge in [0.2, 0.25) is 0 Å². The molecule has 0 radical (unpaired) electrons. The Hall–Kier alpha value is -3.99. The van der Waals surface area contributed by atoms with Gasteiger partial charge in [0.25, 0.3) is 5.91 Å². The van der Waals surface area contributed by atoms with Gasteiger partial charge in [0.05, 0.1) is 29.5 Å². The van der Waals surface area contributed by atoms with Crippen molar-refractivity contribution in [2.24, 2.45) is 0 Å². The van der Waals surface area contributed by atoms with Crippen LogP contribution >= 0.6 is 23.2 Å². The molecule has 1 N–H and O–H groups in total. The van der Waals surface area contributed by atoms with Crippen molar-refractivity contribution in [2.45, 2.75) is 13.5 Å². The summed E-state index contributed by atoms with van der Waals surface area (Å²) in [6, 6.07) is 15.0. The predicted molar refractivity (Wildman–Crippen MR) is 133 cm³/mol. The minimum Gasteiger partial charge on any atom is -0.490 e. The van der Waals surface area contributed by atoms with Crippen LogP contribution in [0.15, 0.2) is 70.9 Å². The monoisotopic (exact) mass is 510 g/mol. The molecule has 2 aromatic carbocycles. The molecule has 9 heteroatoms. The summed E-state index contributed by atoms with van der Waals surface area (Å²) in [6.07, 6.45) is 5.70. The standard InChI is InChI=1S/C26H20Cl2N2O5/c1-2-33-24-14-18(12-19(15-29)26(32)30-16-20-4-3-11-34-20)6-9-23(24)35-25(31)10-7-17-5-8-21(27)22(28)13-17/h3-14H,2,16H2,1H3,(H,30,32)/b10-7+,19-12+. The third-order valence-electron chi connectivity index (χ3n) is 4.51. The first-order chi connectivity index (χ1) is 16.9. The minimum atomic E-state index is -0.629. The van der Waals surface area contributed by atoms with Crippen LogP contribution < -0.4 is 14.8 Å². The summed E-state index contributed by atoms with van der Waals surface area (Å²) >= 11 is 11.9. The molecule has 3 aromatic rings. The average molecular weight is 511 g/mol. The highest BCUT2D eigenvalue weighted by atomic mass is 35.5. The van der Waals surface area contributed by atoms with Crippen molar-refractivity contribution >= 4 is 47.2 Å². The number of furan rings is 1. The van der Waals surface area contributed by atoms with Crippen LogP contribution in [0.1, 0.15) is 23.8 Å². The maximum atomic E-state index is 12.4. The summed E-state index contributed by atoms with van der Waals surface area (Å²) in [5.41, 5.74) is 1.09. The smallest absolute Gasteiger partial charge is 0.336 e. The Morgan fingerprint density at radius 2 is 1.89 bits per heavy atom. The highest BCUT2D eigenvalue weighted by Gasteiger charge is 2.13. The Balaban J connectivity index is 1.72. The van der Waals surface area contributed by atoms with Crippen LogP contribution in [0.4, 0.5) is 0 Å². The molecule has 0 aliphatic rings. The molecule has 3 rings (SSSR count). The van der Waals surface area contributed by atoms with Crippen LogP contribution in [0.25, 0.3) is 12.2 Å². The van der Waals surface area contributed by atoms with Crippen molar-refractivity contribution in [3.63, 3.8) is 0 Å². The van der Waals surface area contributed by atoms with Gasteiger partial charge in [-0.15, -0.1) is 0 Å². The quantitative estimate of drug-likeness (QED) is 0.168. The van der Waals surface area contributed by atoms with Crippen LogP contribution in [0.5, 0.6) is 11.5 Å². The summed E-state index contributed by atoms with van der Waals surface area (Å²) in [5, 5.41) is 12.8. The highest BCUT2D eigenvalue weighted by Crippen LogP contribution is 2.30. The molecule has 1 amide bonds. The van der Waals surface area contributed by atoms with Crippen molar-refractivity contribution in [3.05, 3.63) is 93.4 Å². The van der Waals surface area contributed by atoms with E-state index in [1.807, 2.05) is 6.07 Å². The number of nitriles is 1. The van der Waals surface area contributed by atoms with E-state index in [2.05, 4.69) is 5.32 Å². The number of benzene rings is 2. The van der Waals surface area contributed by atoms with Crippen molar-refractivity contribution in [3.8, 4) is 17.6 Å². The normalized spacial score (nSPS) is 11.2. The zero-order valence-electron chi connectivity index (χ0n) is 18.6. The number of rotatable bonds is 9. The molecular weight excluding hydrogens is 491 g/mol. The Morgan fingerprint density at radius 3 is 2.57 bits per heavy atom. The Bertz CT molecular complexity index is 1310. The summed E-state index contributed by atoms with van der Waals surface area (Å²) in [4.78, 5) is 24.7. The molecule has 7 nitrogen and oxygen atoms in total. The SMILES string of the molecule is CCOc1cc(/C=C(\C#N)C(=O)NCc2ccco2)ccc1OC(=O)/C=C/c1ccc(Cl)c(Cl)c1. The van der Waals surface area contributed by atoms with Crippen LogP contribution in [-0.2, 0) is 16.1 Å². The van der Waals surface area contributed by atoms with Crippen LogP contribution in [0.2, 0.25) is 10.0 Å². The molecule has 0 atom stereocenters. The first kappa shape index (κ1) is 25.6. The maximum Gasteiger partial charge on any atom is 0.336 e. The Kier molecular flexibility index (Phi) is 9.13. The molecule has 0 unspecified atom stereocenters. The first-order valence-electron chi connectivity index (χ1n) is 10.4. The second-order valence-electron chi connectivity index (χ2n) is 7.00. The van der Waals surface area contributed by atoms with Gasteiger partial charge in [-0.25, -0.2) is 4.79 Å². The molecule has 0 spiro atoms. The second kappa shape index (κ2) is 12.5. The number of hydrogen-bond donors (Lipinski definition) is 1. The van der Waals surface area contributed by atoms with Crippen molar-refractivity contribution in [2.75, 3.05) is 6.61 Å². The number of ether oxygens (including phenoxy) is 2. The largest absolute Gasteiger partial charge is 0.490 e. The highest BCUT2D eigenvalue weighted by molar-refractivity contribution is 6.42. The van der Waals surface area contributed by atoms with Crippen molar-refractivity contribution in [1.29, 1.82) is 5.26 Å². The number of carbonyl (C=O) groups is 2. The minimum absolute atomic E-state index is 0.103. The number of nitrogens with zero attached hydrogens (tertiary/aromatic N) is 1. The van der Waals surface area contributed by atoms with Crippen LogP contribution in [0, 0.1) is 11.3 Å². The number of nitrogens with one attached hydrogen (secondary N) is 1. The van der Waals surface area contributed by atoms with Crippen LogP contribution in [-0.4, -0.2) is 18.5 Å². The van der Waals surface area contributed by atoms with Gasteiger partial charge in [0, 0.05) is 6.08 Å². The molecule has 0 aliphatic heterocycles. The van der Waals surface area contributed by atoms with Crippen LogP contribution in [0.3, 0.4) is 0 Å². The maximum absolute atomic E-state index is 12.4. The molecule has 178 valence electrons. The zero-order chi connectivity index (χ0) is 25.2. The lowest BCUT2D eigenvalue weighted by atomic mass is 10.1. The number of esters is 1. The van der Waals surface area contributed by atoms with Crippen molar-refractivity contribution in [1.82, 2.24) is 5.32 Å². The molecule has 35 heavy (non-hydrogen) atoms. The molecule has 0 aliphatic carbocycles. The summed E-state index contributed by atoms with van der Waals surface area (Å²) < 4.78 is 16.2. The molecule has 1 heterocycles. The Labute approximate surface area is 212 Å². The van der Waals surface area contributed by atoms with E-state index in [1.165, 1.54) is 24.5 Å². The fourth-order valence-electron chi connectivity index (χ4n) is 2.88. The third kappa shape index (κ3) is 7.51. The average Bonchev–Trinajstić information content (AvgIpc) is 3.37. The van der Waals surface area contributed by atoms with E-state index in [4.69, 9.17) is 37.1 Å². The van der Waals surface area contributed by atoms with Gasteiger partial charge in [-0.2, -0.15) is 5.26 Å². The summed E-state index contributed by atoms with van der Waals surface area (Å²) in [5.74, 6) is -0.145. The van der Waals surface area contributed by atoms with Gasteiger partial charge in [0.1, 0.15) is 17.4 Å². The predicted octanol–water partition coefficient (Wildman–Crippen LogP) is 5.83. The van der Waals surface area contributed by atoms with E-state index in [1.54, 1.807) is 55.5 Å². The summed E-state index contributed by atoms with van der Waals surface area (Å²) in [7, 11) is 0. The fraction of sp³-hybridized carbons (Fsp3) is 0.115. The number of hydrogen-bond acceptors (Lipinski definition) is 6. The lowest BCUT2D eigenvalue weighted by Crippen LogP contribution is -2.23. The topological polar surface area (TPSA) is 102 Å². The van der Waals surface area contributed by atoms with E-state index < -0.39 is 11.9 Å². The zero-order valence-corrected chi connectivity index (χ0v) is 20.1.